The number of methoxy groups -OCH3 is 4. The zero-order valence-electron chi connectivity index (χ0n) is 26.7. The van der Waals surface area contributed by atoms with Gasteiger partial charge in [0.05, 0.1) is 0 Å². The predicted octanol–water partition coefficient (Wildman–Crippen LogP) is -2.77. The van der Waals surface area contributed by atoms with E-state index in [4.69, 9.17) is 28.4 Å². The molecule has 4 saturated carbocycles. The third kappa shape index (κ3) is 4.42. The molecule has 1 aliphatic heterocycles. The summed E-state index contributed by atoms with van der Waals surface area (Å²) in [5, 5.41) is 29.4. The molecule has 4 bridgehead atoms. The van der Waals surface area contributed by atoms with Crippen LogP contribution in [0.25, 0.3) is 0 Å². The predicted molar refractivity (Wildman–Crippen MR) is 149 cm³/mol. The van der Waals surface area contributed by atoms with Crippen LogP contribution in [0.15, 0.2) is 0 Å². The van der Waals surface area contributed by atoms with Crippen LogP contribution in [-0.2, 0) is 38.0 Å². The molecule has 1 saturated heterocycles. The van der Waals surface area contributed by atoms with Crippen molar-refractivity contribution >= 4 is 11.9 Å². The van der Waals surface area contributed by atoms with Crippen LogP contribution in [0.4, 0.5) is 0 Å². The quantitative estimate of drug-likeness (QED) is 0.0931. The molecule has 4 N–H and O–H groups in total. The van der Waals surface area contributed by atoms with Crippen LogP contribution in [0.1, 0.15) is 47.5 Å². The van der Waals surface area contributed by atoms with E-state index in [1.807, 2.05) is 13.8 Å². The van der Waals surface area contributed by atoms with Crippen molar-refractivity contribution < 1.29 is 69.7 Å². The van der Waals surface area contributed by atoms with Gasteiger partial charge in [0.15, 0.2) is 0 Å². The number of esters is 2. The Kier molecular flexibility index (Phi) is 9.29. The van der Waals surface area contributed by atoms with E-state index in [9.17, 15) is 19.8 Å². The SMILES string of the molecule is COC[C@]12[C@@H](C)NCN[I-]C3(C4C[C@@]5(O)C(C)[C@@H]4[C@@](O)([C@H](C)[C@H](OC)[C@@H]31)[C@@H](OC(C)=O)[C@@H]5OC)[C@@H](OC)C[C@H]2OC(C)=O. The van der Waals surface area contributed by atoms with Crippen molar-refractivity contribution in [3.63, 3.8) is 0 Å². The van der Waals surface area contributed by atoms with Crippen molar-refractivity contribution in [2.75, 3.05) is 41.7 Å². The minimum atomic E-state index is -1.62. The Labute approximate surface area is 265 Å². The van der Waals surface area contributed by atoms with E-state index in [1.165, 1.54) is 21.0 Å². The van der Waals surface area contributed by atoms with Gasteiger partial charge in [-0.25, -0.2) is 0 Å². The van der Waals surface area contributed by atoms with E-state index in [1.54, 1.807) is 21.3 Å². The second-order valence-electron chi connectivity index (χ2n) is 13.4. The first kappa shape index (κ1) is 33.7. The van der Waals surface area contributed by atoms with Gasteiger partial charge in [-0.1, -0.05) is 0 Å². The molecule has 0 spiro atoms. The monoisotopic (exact) mass is 725 g/mol. The molecule has 3 unspecified atom stereocenters. The molecule has 1 heterocycles. The number of hydrogen-bond acceptors (Lipinski definition) is 12. The number of hydrogen-bond donors (Lipinski definition) is 4. The number of fused-ring (bicyclic) bond motifs is 1. The summed E-state index contributed by atoms with van der Waals surface area (Å²) in [4.78, 5) is 25.2. The molecule has 0 aromatic rings. The minimum absolute atomic E-state index is 0.207. The molecule has 12 nitrogen and oxygen atoms in total. The average molecular weight is 726 g/mol. The number of carbonyl (C=O) groups is 2. The number of aliphatic hydroxyl groups is 2. The zero-order chi connectivity index (χ0) is 31.7. The molecule has 248 valence electrons. The van der Waals surface area contributed by atoms with Crippen molar-refractivity contribution in [1.82, 2.24) is 8.85 Å². The van der Waals surface area contributed by atoms with Gasteiger partial charge in [0.1, 0.15) is 0 Å². The van der Waals surface area contributed by atoms with Gasteiger partial charge in [-0.05, 0) is 0 Å². The average Bonchev–Trinajstić information content (AvgIpc) is 3.14. The van der Waals surface area contributed by atoms with Crippen LogP contribution >= 0.6 is 0 Å². The maximum atomic E-state index is 13.3. The van der Waals surface area contributed by atoms with E-state index < -0.39 is 102 Å². The number of nitrogens with one attached hydrogen (secondary N) is 2. The molecular weight excluding hydrogens is 675 g/mol. The molecule has 43 heavy (non-hydrogen) atoms. The molecular formula is C30H50IN2O10-. The van der Waals surface area contributed by atoms with Crippen molar-refractivity contribution in [3.8, 4) is 0 Å². The molecule has 5 fully saturated rings. The van der Waals surface area contributed by atoms with Crippen LogP contribution in [0.3, 0.4) is 0 Å². The summed E-state index contributed by atoms with van der Waals surface area (Å²) in [5.41, 5.74) is -3.78. The summed E-state index contributed by atoms with van der Waals surface area (Å²) in [6.45, 7) is 9.55. The second kappa shape index (κ2) is 11.9. The Morgan fingerprint density at radius 2 is 1.58 bits per heavy atom. The van der Waals surface area contributed by atoms with Crippen LogP contribution in [0.2, 0.25) is 0 Å². The Hall–Kier alpha value is -0.650. The van der Waals surface area contributed by atoms with Crippen LogP contribution < -0.4 is 30.3 Å². The van der Waals surface area contributed by atoms with E-state index >= 15 is 0 Å². The number of ether oxygens (including phenoxy) is 6. The molecule has 0 aromatic heterocycles. The number of rotatable bonds is 7. The van der Waals surface area contributed by atoms with Gasteiger partial charge in [-0.2, -0.15) is 0 Å². The zero-order valence-corrected chi connectivity index (χ0v) is 28.9. The summed E-state index contributed by atoms with van der Waals surface area (Å²) >= 11 is -0.920. The van der Waals surface area contributed by atoms with Crippen molar-refractivity contribution in [2.24, 2.45) is 35.0 Å². The summed E-state index contributed by atoms with van der Waals surface area (Å²) < 4.78 is 40.2. The van der Waals surface area contributed by atoms with Crippen molar-refractivity contribution in [2.45, 2.75) is 98.6 Å². The maximum absolute atomic E-state index is 13.3. The summed E-state index contributed by atoms with van der Waals surface area (Å²) in [7, 11) is 6.49. The van der Waals surface area contributed by atoms with E-state index in [2.05, 4.69) is 15.8 Å². The third-order valence-corrected chi connectivity index (χ3v) is 15.9. The topological polar surface area (TPSA) is 154 Å². The van der Waals surface area contributed by atoms with Gasteiger partial charge < -0.3 is 0 Å². The Bertz CT molecular complexity index is 1090. The fraction of sp³-hybridized carbons (Fsp3) is 0.933. The third-order valence-electron chi connectivity index (χ3n) is 12.1. The molecule has 0 aromatic carbocycles. The molecule has 0 amide bonds. The van der Waals surface area contributed by atoms with Crippen molar-refractivity contribution in [1.29, 1.82) is 0 Å². The van der Waals surface area contributed by atoms with Crippen LogP contribution in [0, 0.1) is 35.0 Å². The molecule has 0 radical (unpaired) electrons. The van der Waals surface area contributed by atoms with E-state index in [-0.39, 0.29) is 24.5 Å². The first-order valence-electron chi connectivity index (χ1n) is 15.2. The molecule has 5 aliphatic rings. The molecule has 4 aliphatic carbocycles. The van der Waals surface area contributed by atoms with E-state index in [0.717, 1.165) is 0 Å². The number of halogens is 1. The Morgan fingerprint density at radius 3 is 2.14 bits per heavy atom. The Balaban J connectivity index is 1.88. The first-order valence-corrected chi connectivity index (χ1v) is 17.4. The van der Waals surface area contributed by atoms with Gasteiger partial charge >= 0.3 is 266 Å². The van der Waals surface area contributed by atoms with Gasteiger partial charge in [0.25, 0.3) is 0 Å². The summed E-state index contributed by atoms with van der Waals surface area (Å²) in [5.74, 6) is -3.03. The van der Waals surface area contributed by atoms with Gasteiger partial charge in [0, 0.05) is 0 Å². The van der Waals surface area contributed by atoms with Crippen molar-refractivity contribution in [3.05, 3.63) is 0 Å². The summed E-state index contributed by atoms with van der Waals surface area (Å²) in [6.07, 6.45) is -2.91. The van der Waals surface area contributed by atoms with Crippen LogP contribution in [0.5, 0.6) is 0 Å². The molecule has 15 atom stereocenters. The van der Waals surface area contributed by atoms with E-state index in [0.29, 0.717) is 19.5 Å². The normalized spacial score (nSPS) is 52.5. The van der Waals surface area contributed by atoms with Gasteiger partial charge in [-0.3, -0.25) is 0 Å². The molecule has 5 rings (SSSR count). The van der Waals surface area contributed by atoms with Gasteiger partial charge in [0.2, 0.25) is 0 Å². The Morgan fingerprint density at radius 1 is 0.907 bits per heavy atom. The van der Waals surface area contributed by atoms with Crippen LogP contribution in [-0.4, -0.2) is 115 Å². The second-order valence-corrected chi connectivity index (χ2v) is 16.6. The molecule has 13 heteroatoms. The fourth-order valence-electron chi connectivity index (χ4n) is 10.6. The summed E-state index contributed by atoms with van der Waals surface area (Å²) in [6, 6.07) is -0.207. The number of carbonyl (C=O) groups excluding carboxylic acids is 2. The standard InChI is InChI=1S/C30H50IN2O10/c1-14-22-19-11-28(14,36)25(41-9)26(43-18(5)35)30(22,37)15(2)23(40-8)24-27(12-38-6)16(3)32-13-33-31-29(19,24)21(39-7)10-20(27)42-17(4)34/h14-16,19-26,32-33,36-37H,10-13H2,1-9H3/q-1/t14?,15-,16-,19?,20-,21+,22+,23+,24-,25+,26+,27-,28-,29?,30+/m1/s1. The fourth-order valence-corrected chi connectivity index (χ4v) is 14.8. The first-order chi connectivity index (χ1) is 20.3. The number of alkyl halides is 1. The van der Waals surface area contributed by atoms with Gasteiger partial charge in [-0.15, -0.1) is 0 Å².